The fourth-order valence-corrected chi connectivity index (χ4v) is 3.97. The van der Waals surface area contributed by atoms with Crippen LogP contribution < -0.4 is 5.32 Å². The van der Waals surface area contributed by atoms with E-state index in [0.29, 0.717) is 29.7 Å². The molecule has 0 bridgehead atoms. The van der Waals surface area contributed by atoms with Crippen molar-refractivity contribution in [2.75, 3.05) is 18.5 Å². The highest BCUT2D eigenvalue weighted by Crippen LogP contribution is 2.40. The SMILES string of the molecule is CCCOC(=O)c1c(NC(=O)OCC)sc2c1CCC(C)C2. The number of hydrogen-bond acceptors (Lipinski definition) is 5. The van der Waals surface area contributed by atoms with Gasteiger partial charge in [0.2, 0.25) is 0 Å². The van der Waals surface area contributed by atoms with Gasteiger partial charge < -0.3 is 9.47 Å². The van der Waals surface area contributed by atoms with E-state index < -0.39 is 6.09 Å². The van der Waals surface area contributed by atoms with Gasteiger partial charge in [0, 0.05) is 4.88 Å². The molecule has 1 atom stereocenters. The van der Waals surface area contributed by atoms with Crippen LogP contribution in [0.5, 0.6) is 0 Å². The third-order valence-electron chi connectivity index (χ3n) is 3.64. The summed E-state index contributed by atoms with van der Waals surface area (Å²) in [6.45, 7) is 6.59. The van der Waals surface area contributed by atoms with E-state index in [1.165, 1.54) is 16.2 Å². The third kappa shape index (κ3) is 3.80. The molecule has 1 aliphatic carbocycles. The summed E-state index contributed by atoms with van der Waals surface area (Å²) in [6.07, 6.45) is 3.10. The Balaban J connectivity index is 2.30. The molecule has 0 saturated heterocycles. The summed E-state index contributed by atoms with van der Waals surface area (Å²) in [5, 5.41) is 3.25. The maximum absolute atomic E-state index is 12.4. The van der Waals surface area contributed by atoms with E-state index in [9.17, 15) is 9.59 Å². The van der Waals surface area contributed by atoms with Gasteiger partial charge in [0.05, 0.1) is 18.8 Å². The number of rotatable bonds is 5. The zero-order valence-electron chi connectivity index (χ0n) is 13.4. The maximum Gasteiger partial charge on any atom is 0.412 e. The minimum Gasteiger partial charge on any atom is -0.462 e. The normalized spacial score (nSPS) is 16.8. The predicted molar refractivity (Wildman–Crippen MR) is 86.7 cm³/mol. The summed E-state index contributed by atoms with van der Waals surface area (Å²) < 4.78 is 10.2. The van der Waals surface area contributed by atoms with Crippen molar-refractivity contribution >= 4 is 28.4 Å². The fourth-order valence-electron chi connectivity index (χ4n) is 2.58. The molecule has 0 fully saturated rings. The Labute approximate surface area is 135 Å². The second-order valence-corrected chi connectivity index (χ2v) is 6.64. The monoisotopic (exact) mass is 325 g/mol. The average molecular weight is 325 g/mol. The largest absolute Gasteiger partial charge is 0.462 e. The van der Waals surface area contributed by atoms with E-state index in [0.717, 1.165) is 31.2 Å². The van der Waals surface area contributed by atoms with Crippen molar-refractivity contribution in [2.24, 2.45) is 5.92 Å². The van der Waals surface area contributed by atoms with Crippen LogP contribution in [0.1, 0.15) is 54.4 Å². The molecule has 1 aromatic rings. The van der Waals surface area contributed by atoms with Gasteiger partial charge in [0.15, 0.2) is 0 Å². The summed E-state index contributed by atoms with van der Waals surface area (Å²) >= 11 is 1.47. The van der Waals surface area contributed by atoms with Crippen molar-refractivity contribution in [3.8, 4) is 0 Å². The molecule has 0 saturated carbocycles. The van der Waals surface area contributed by atoms with Crippen LogP contribution in [0.2, 0.25) is 0 Å². The van der Waals surface area contributed by atoms with Crippen molar-refractivity contribution in [1.29, 1.82) is 0 Å². The summed E-state index contributed by atoms with van der Waals surface area (Å²) in [6, 6.07) is 0. The molecule has 1 unspecified atom stereocenters. The quantitative estimate of drug-likeness (QED) is 0.831. The Morgan fingerprint density at radius 2 is 2.09 bits per heavy atom. The Kier molecular flexibility index (Phi) is 5.83. The lowest BCUT2D eigenvalue weighted by atomic mass is 9.88. The molecular weight excluding hydrogens is 302 g/mol. The van der Waals surface area contributed by atoms with Crippen LogP contribution in [0.4, 0.5) is 9.80 Å². The molecule has 2 rings (SSSR count). The van der Waals surface area contributed by atoms with E-state index in [-0.39, 0.29) is 5.97 Å². The van der Waals surface area contributed by atoms with Crippen molar-refractivity contribution in [3.63, 3.8) is 0 Å². The minimum absolute atomic E-state index is 0.295. The standard InChI is InChI=1S/C16H23NO4S/c1-4-8-21-15(18)13-11-7-6-10(3)9-12(11)22-14(13)17-16(19)20-5-2/h10H,4-9H2,1-3H3,(H,17,19). The van der Waals surface area contributed by atoms with Crippen LogP contribution >= 0.6 is 11.3 Å². The Bertz CT molecular complexity index is 553. The molecule has 5 nitrogen and oxygen atoms in total. The van der Waals surface area contributed by atoms with Crippen LogP contribution in [0, 0.1) is 5.92 Å². The lowest BCUT2D eigenvalue weighted by molar-refractivity contribution is 0.0505. The number of anilines is 1. The van der Waals surface area contributed by atoms with Gasteiger partial charge in [0.1, 0.15) is 5.00 Å². The van der Waals surface area contributed by atoms with Crippen LogP contribution in [0.25, 0.3) is 0 Å². The lowest BCUT2D eigenvalue weighted by Crippen LogP contribution is -2.17. The van der Waals surface area contributed by atoms with Gasteiger partial charge in [-0.3, -0.25) is 5.32 Å². The second kappa shape index (κ2) is 7.63. The molecule has 6 heteroatoms. The number of fused-ring (bicyclic) bond motifs is 1. The Morgan fingerprint density at radius 3 is 2.77 bits per heavy atom. The van der Waals surface area contributed by atoms with E-state index in [2.05, 4.69) is 12.2 Å². The fraction of sp³-hybridized carbons (Fsp3) is 0.625. The number of carbonyl (C=O) groups excluding carboxylic acids is 2. The van der Waals surface area contributed by atoms with E-state index in [4.69, 9.17) is 9.47 Å². The van der Waals surface area contributed by atoms with E-state index >= 15 is 0 Å². The highest BCUT2D eigenvalue weighted by atomic mass is 32.1. The minimum atomic E-state index is -0.529. The van der Waals surface area contributed by atoms with Crippen molar-refractivity contribution in [3.05, 3.63) is 16.0 Å². The van der Waals surface area contributed by atoms with Gasteiger partial charge in [0.25, 0.3) is 0 Å². The summed E-state index contributed by atoms with van der Waals surface area (Å²) in [7, 11) is 0. The predicted octanol–water partition coefficient (Wildman–Crippen LogP) is 4.01. The molecule has 0 aliphatic heterocycles. The second-order valence-electron chi connectivity index (χ2n) is 5.54. The van der Waals surface area contributed by atoms with E-state index in [1.807, 2.05) is 6.92 Å². The van der Waals surface area contributed by atoms with Gasteiger partial charge >= 0.3 is 12.1 Å². The van der Waals surface area contributed by atoms with Crippen molar-refractivity contribution in [2.45, 2.75) is 46.5 Å². The summed E-state index contributed by atoms with van der Waals surface area (Å²) in [4.78, 5) is 25.2. The number of carbonyl (C=O) groups is 2. The molecule has 1 aromatic heterocycles. The van der Waals surface area contributed by atoms with Gasteiger partial charge in [-0.05, 0) is 44.1 Å². The lowest BCUT2D eigenvalue weighted by Gasteiger charge is -2.18. The number of amides is 1. The first kappa shape index (κ1) is 16.8. The van der Waals surface area contributed by atoms with Crippen LogP contribution in [0.15, 0.2) is 0 Å². The van der Waals surface area contributed by atoms with Gasteiger partial charge in [-0.1, -0.05) is 13.8 Å². The maximum atomic E-state index is 12.4. The molecule has 22 heavy (non-hydrogen) atoms. The van der Waals surface area contributed by atoms with E-state index in [1.54, 1.807) is 6.92 Å². The smallest absolute Gasteiger partial charge is 0.412 e. The topological polar surface area (TPSA) is 64.6 Å². The first-order valence-electron chi connectivity index (χ1n) is 7.82. The summed E-state index contributed by atoms with van der Waals surface area (Å²) in [5.41, 5.74) is 1.56. The molecule has 1 aliphatic rings. The highest BCUT2D eigenvalue weighted by Gasteiger charge is 2.29. The van der Waals surface area contributed by atoms with Crippen LogP contribution in [-0.4, -0.2) is 25.3 Å². The first-order valence-corrected chi connectivity index (χ1v) is 8.63. The van der Waals surface area contributed by atoms with Crippen LogP contribution in [0.3, 0.4) is 0 Å². The molecule has 0 spiro atoms. The summed E-state index contributed by atoms with van der Waals surface area (Å²) in [5.74, 6) is 0.252. The van der Waals surface area contributed by atoms with Crippen molar-refractivity contribution in [1.82, 2.24) is 0 Å². The number of ether oxygens (including phenoxy) is 2. The van der Waals surface area contributed by atoms with Gasteiger partial charge in [-0.15, -0.1) is 11.3 Å². The number of esters is 1. The average Bonchev–Trinajstić information content (AvgIpc) is 2.81. The molecular formula is C16H23NO4S. The van der Waals surface area contributed by atoms with Gasteiger partial charge in [-0.2, -0.15) is 0 Å². The number of thiophene rings is 1. The molecule has 1 N–H and O–H groups in total. The molecule has 1 amide bonds. The molecule has 1 heterocycles. The Morgan fingerprint density at radius 1 is 1.32 bits per heavy atom. The third-order valence-corrected chi connectivity index (χ3v) is 4.81. The zero-order chi connectivity index (χ0) is 16.1. The molecule has 122 valence electrons. The zero-order valence-corrected chi connectivity index (χ0v) is 14.2. The number of hydrogen-bond donors (Lipinski definition) is 1. The van der Waals surface area contributed by atoms with Crippen molar-refractivity contribution < 1.29 is 19.1 Å². The first-order chi connectivity index (χ1) is 10.6. The van der Waals surface area contributed by atoms with Crippen LogP contribution in [-0.2, 0) is 22.3 Å². The van der Waals surface area contributed by atoms with Gasteiger partial charge in [-0.25, -0.2) is 9.59 Å². The Hall–Kier alpha value is -1.56. The number of nitrogens with one attached hydrogen (secondary N) is 1. The molecule has 0 radical (unpaired) electrons. The molecule has 0 aromatic carbocycles. The highest BCUT2D eigenvalue weighted by molar-refractivity contribution is 7.17.